The summed E-state index contributed by atoms with van der Waals surface area (Å²) in [5.74, 6) is 0.300. The highest BCUT2D eigenvalue weighted by molar-refractivity contribution is 7.46. The minimum atomic E-state index is -5.12. The van der Waals surface area contributed by atoms with Crippen molar-refractivity contribution in [3.05, 3.63) is 142 Å². The predicted molar refractivity (Wildman–Crippen MR) is 213 cm³/mol. The van der Waals surface area contributed by atoms with E-state index in [0.29, 0.717) is 11.5 Å². The first-order valence-corrected chi connectivity index (χ1v) is 20.1. The maximum atomic E-state index is 13.6. The number of methoxy groups -OCH3 is 2. The summed E-state index contributed by atoms with van der Waals surface area (Å²) in [6.07, 6.45) is -1.97. The number of halogens is 1. The van der Waals surface area contributed by atoms with Gasteiger partial charge in [-0.05, 0) is 53.1 Å². The maximum absolute atomic E-state index is 13.6. The number of para-hydroxylation sites is 1. The summed E-state index contributed by atoms with van der Waals surface area (Å²) < 4.78 is 50.8. The van der Waals surface area contributed by atoms with E-state index in [1.807, 2.05) is 78.9 Å². The lowest BCUT2D eigenvalue weighted by Crippen LogP contribution is -2.38. The number of nitrogens with zero attached hydrogens (tertiary/aromatic N) is 3. The van der Waals surface area contributed by atoms with Gasteiger partial charge in [-0.3, -0.25) is 29.0 Å². The summed E-state index contributed by atoms with van der Waals surface area (Å²) in [7, 11) is -1.96. The molecule has 1 fully saturated rings. The molecule has 0 spiro atoms. The molecule has 1 aliphatic rings. The highest BCUT2D eigenvalue weighted by atomic mass is 35.5. The number of nitrogens with one attached hydrogen (secondary N) is 2. The second-order valence-corrected chi connectivity index (χ2v) is 15.4. The topological polar surface area (TPSA) is 188 Å². The number of hydrogen-bond acceptors (Lipinski definition) is 12. The largest absolute Gasteiger partial charge is 0.746 e. The summed E-state index contributed by atoms with van der Waals surface area (Å²) in [5.41, 5.74) is 0.386. The average molecular weight is 829 g/mol. The minimum Gasteiger partial charge on any atom is -0.746 e. The van der Waals surface area contributed by atoms with Gasteiger partial charge in [-0.2, -0.15) is 4.98 Å². The van der Waals surface area contributed by atoms with Gasteiger partial charge in [0.25, 0.3) is 5.56 Å². The molecule has 3 heterocycles. The fraction of sp³-hybridized carbons (Fsp3) is 0.268. The van der Waals surface area contributed by atoms with Crippen LogP contribution in [0.4, 0.5) is 5.95 Å². The van der Waals surface area contributed by atoms with Crippen molar-refractivity contribution in [1.29, 1.82) is 0 Å². The molecule has 2 N–H and O–H groups in total. The second kappa shape index (κ2) is 17.1. The zero-order valence-electron chi connectivity index (χ0n) is 31.9. The Kier molecular flexibility index (Phi) is 12.0. The summed E-state index contributed by atoms with van der Waals surface area (Å²) in [6, 6.07) is 30.5. The quantitative estimate of drug-likeness (QED) is 0.0834. The van der Waals surface area contributed by atoms with Crippen LogP contribution >= 0.6 is 19.4 Å². The van der Waals surface area contributed by atoms with Gasteiger partial charge in [0.1, 0.15) is 35.2 Å². The molecule has 58 heavy (non-hydrogen) atoms. The van der Waals surface area contributed by atoms with E-state index in [0.717, 1.165) is 16.7 Å². The van der Waals surface area contributed by atoms with Crippen LogP contribution in [0.25, 0.3) is 11.2 Å². The highest BCUT2D eigenvalue weighted by Gasteiger charge is 2.44. The van der Waals surface area contributed by atoms with E-state index < -0.39 is 43.3 Å². The molecule has 1 unspecified atom stereocenters. The number of aromatic amines is 1. The number of ether oxygens (including phenoxy) is 4. The molecule has 4 atom stereocenters. The van der Waals surface area contributed by atoms with Crippen molar-refractivity contribution in [3.8, 4) is 17.2 Å². The fourth-order valence-electron chi connectivity index (χ4n) is 6.70. The number of phosphoric ester groups is 1. The van der Waals surface area contributed by atoms with Gasteiger partial charge in [-0.15, -0.1) is 0 Å². The number of hydrogen-bond donors (Lipinski definition) is 2. The lowest BCUT2D eigenvalue weighted by molar-refractivity contribution is -0.223. The Morgan fingerprint density at radius 1 is 0.966 bits per heavy atom. The van der Waals surface area contributed by atoms with Crippen molar-refractivity contribution in [2.45, 2.75) is 44.3 Å². The van der Waals surface area contributed by atoms with Crippen LogP contribution in [-0.2, 0) is 29.0 Å². The van der Waals surface area contributed by atoms with Crippen LogP contribution in [0.5, 0.6) is 17.2 Å². The molecule has 17 heteroatoms. The van der Waals surface area contributed by atoms with E-state index in [-0.39, 0.29) is 46.8 Å². The number of carbonyl (C=O) groups is 1. The van der Waals surface area contributed by atoms with Crippen LogP contribution in [0, 0.1) is 5.92 Å². The number of fused-ring (bicyclic) bond motifs is 1. The second-order valence-electron chi connectivity index (χ2n) is 13.7. The van der Waals surface area contributed by atoms with Gasteiger partial charge in [0.05, 0.1) is 38.3 Å². The van der Waals surface area contributed by atoms with Gasteiger partial charge in [-0.25, -0.2) is 4.98 Å². The number of phosphoric acid groups is 1. The Hall–Kier alpha value is -5.54. The number of imidazole rings is 1. The number of amides is 1. The lowest BCUT2D eigenvalue weighted by atomic mass is 9.80. The van der Waals surface area contributed by atoms with Crippen molar-refractivity contribution in [2.75, 3.05) is 26.1 Å². The van der Waals surface area contributed by atoms with E-state index in [2.05, 4.69) is 20.3 Å². The zero-order chi connectivity index (χ0) is 41.0. The number of benzene rings is 4. The number of anilines is 1. The van der Waals surface area contributed by atoms with Crippen molar-refractivity contribution >= 4 is 42.4 Å². The van der Waals surface area contributed by atoms with E-state index in [1.165, 1.54) is 23.0 Å². The molecular weight excluding hydrogens is 789 g/mol. The van der Waals surface area contributed by atoms with Crippen LogP contribution in [0.15, 0.2) is 114 Å². The predicted octanol–water partition coefficient (Wildman–Crippen LogP) is 6.61. The SMILES string of the molecule is COc1ccc(C(OC[C@H]2O[C@@H](n3cnc4c(=O)[nH]c(NC(=O)C(C)C)nc43)C[C@@H]2OP(=O)([O-])Oc2ccccc2Cl)(c2ccccc2)c2ccc(OC)cc2)cc1. The molecule has 1 saturated heterocycles. The lowest BCUT2D eigenvalue weighted by Gasteiger charge is -2.37. The standard InChI is InChI=1S/C41H41ClN5O10P/c1-25(2)38(48)45-40-44-37-36(39(49)46-40)43-24-47(37)35-22-33(57-58(50,51)56-32-13-9-8-12-31(32)42)34(55-35)23-54-41(26-10-6-5-7-11-26,27-14-18-29(52-3)19-15-27)28-16-20-30(53-4)21-17-28/h5-21,24-25,33-35H,22-23H2,1-4H3,(H,50,51)(H2,44,45,46,48,49)/p-1/t33-,34+,35+/m0/s1. The third kappa shape index (κ3) is 8.51. The Labute approximate surface area is 338 Å². The van der Waals surface area contributed by atoms with Crippen LogP contribution in [0.1, 0.15) is 43.2 Å². The monoisotopic (exact) mass is 828 g/mol. The molecule has 0 radical (unpaired) electrons. The molecular formula is C41H40ClN5O10P-. The number of H-pyrrole nitrogens is 1. The first-order chi connectivity index (χ1) is 27.9. The first-order valence-electron chi connectivity index (χ1n) is 18.3. The minimum absolute atomic E-state index is 0.0260. The molecule has 2 aromatic heterocycles. The molecule has 15 nitrogen and oxygen atoms in total. The fourth-order valence-corrected chi connectivity index (χ4v) is 7.92. The first kappa shape index (κ1) is 40.6. The Morgan fingerprint density at radius 3 is 2.17 bits per heavy atom. The highest BCUT2D eigenvalue weighted by Crippen LogP contribution is 2.48. The van der Waals surface area contributed by atoms with Crippen LogP contribution in [0.2, 0.25) is 5.02 Å². The van der Waals surface area contributed by atoms with Gasteiger partial charge in [-0.1, -0.05) is 92.2 Å². The third-order valence-corrected chi connectivity index (χ3v) is 10.9. The molecule has 6 aromatic rings. The number of carbonyl (C=O) groups excluding carboxylic acids is 1. The van der Waals surface area contributed by atoms with Crippen molar-refractivity contribution in [3.63, 3.8) is 0 Å². The van der Waals surface area contributed by atoms with Crippen molar-refractivity contribution < 1.29 is 42.2 Å². The van der Waals surface area contributed by atoms with Gasteiger partial charge in [0, 0.05) is 12.3 Å². The molecule has 0 bridgehead atoms. The normalized spacial score (nSPS) is 17.9. The van der Waals surface area contributed by atoms with Crippen LogP contribution in [-0.4, -0.2) is 58.5 Å². The Balaban J connectivity index is 1.29. The molecule has 0 saturated carbocycles. The molecule has 1 aliphatic heterocycles. The van der Waals surface area contributed by atoms with Gasteiger partial charge in [0.2, 0.25) is 11.9 Å². The van der Waals surface area contributed by atoms with E-state index >= 15 is 0 Å². The smallest absolute Gasteiger partial charge is 0.320 e. The van der Waals surface area contributed by atoms with Gasteiger partial charge in [0.15, 0.2) is 11.2 Å². The summed E-state index contributed by atoms with van der Waals surface area (Å²) in [5, 5.41) is 2.67. The van der Waals surface area contributed by atoms with Gasteiger partial charge < -0.3 is 32.9 Å². The average Bonchev–Trinajstić information content (AvgIpc) is 3.83. The summed E-state index contributed by atoms with van der Waals surface area (Å²) >= 11 is 6.24. The van der Waals surface area contributed by atoms with Gasteiger partial charge >= 0.3 is 7.82 Å². The summed E-state index contributed by atoms with van der Waals surface area (Å²) in [6.45, 7) is 3.17. The van der Waals surface area contributed by atoms with Crippen molar-refractivity contribution in [2.24, 2.45) is 5.92 Å². The molecule has 4 aromatic carbocycles. The Morgan fingerprint density at radius 2 is 1.57 bits per heavy atom. The molecule has 302 valence electrons. The maximum Gasteiger partial charge on any atom is 0.320 e. The van der Waals surface area contributed by atoms with E-state index in [4.69, 9.17) is 39.6 Å². The van der Waals surface area contributed by atoms with Crippen LogP contribution < -0.4 is 29.8 Å². The van der Waals surface area contributed by atoms with Crippen LogP contribution in [0.3, 0.4) is 0 Å². The number of rotatable bonds is 15. The van der Waals surface area contributed by atoms with Crippen molar-refractivity contribution in [1.82, 2.24) is 19.5 Å². The third-order valence-electron chi connectivity index (χ3n) is 9.64. The number of aromatic nitrogens is 4. The Bertz CT molecular complexity index is 2430. The van der Waals surface area contributed by atoms with E-state index in [1.54, 1.807) is 40.2 Å². The van der Waals surface area contributed by atoms with E-state index in [9.17, 15) is 19.0 Å². The molecule has 1 amide bonds. The summed E-state index contributed by atoms with van der Waals surface area (Å²) in [4.78, 5) is 50.4. The zero-order valence-corrected chi connectivity index (χ0v) is 33.5. The molecule has 7 rings (SSSR count). The molecule has 0 aliphatic carbocycles.